The van der Waals surface area contributed by atoms with E-state index in [4.69, 9.17) is 18.3 Å². The Morgan fingerprint density at radius 1 is 0.833 bits per heavy atom. The van der Waals surface area contributed by atoms with Gasteiger partial charge in [-0.1, -0.05) is 90.1 Å². The number of nitrogens with one attached hydrogen (secondary N) is 1. The number of carbonyl (C=O) groups excluding carboxylic acids is 1. The van der Waals surface area contributed by atoms with Gasteiger partial charge in [0.05, 0.1) is 18.8 Å². The van der Waals surface area contributed by atoms with Crippen LogP contribution in [0.5, 0.6) is 0 Å². The number of carbonyl (C=O) groups is 1. The van der Waals surface area contributed by atoms with E-state index < -0.39 is 22.7 Å². The summed E-state index contributed by atoms with van der Waals surface area (Å²) in [5.41, 5.74) is 4.86. The van der Waals surface area contributed by atoms with Crippen LogP contribution < -0.4 is 5.32 Å². The van der Waals surface area contributed by atoms with Gasteiger partial charge in [0.2, 0.25) is 0 Å². The molecular weight excluding hydrogens is 559 g/mol. The fraction of sp³-hybridized carbons (Fsp3) is 0.618. The summed E-state index contributed by atoms with van der Waals surface area (Å²) in [6.07, 6.45) is 0.999. The van der Waals surface area contributed by atoms with Gasteiger partial charge in [-0.05, 0) is 71.4 Å². The van der Waals surface area contributed by atoms with Crippen LogP contribution in [-0.2, 0) is 18.3 Å². The molecule has 0 radical (unpaired) electrons. The predicted octanol–water partition coefficient (Wildman–Crippen LogP) is 8.48. The highest BCUT2D eigenvalue weighted by Gasteiger charge is 2.44. The van der Waals surface area contributed by atoms with Gasteiger partial charge >= 0.3 is 6.09 Å². The summed E-state index contributed by atoms with van der Waals surface area (Å²) in [5, 5.41) is 3.20. The van der Waals surface area contributed by atoms with Crippen LogP contribution >= 0.6 is 0 Å². The third-order valence-electron chi connectivity index (χ3n) is 10.0. The number of amides is 1. The molecular formula is C34H53NO5Si2. The second-order valence-electron chi connectivity index (χ2n) is 15.1. The van der Waals surface area contributed by atoms with Gasteiger partial charge in [0, 0.05) is 12.5 Å². The van der Waals surface area contributed by atoms with Gasteiger partial charge in [0.1, 0.15) is 12.7 Å². The monoisotopic (exact) mass is 611 g/mol. The Bertz CT molecular complexity index is 1190. The number of hydrogen-bond acceptors (Lipinski definition) is 5. The van der Waals surface area contributed by atoms with Crippen LogP contribution in [0.2, 0.25) is 36.3 Å². The number of ether oxygens (including phenoxy) is 2. The molecule has 1 amide bonds. The Hall–Kier alpha value is -1.98. The van der Waals surface area contributed by atoms with Crippen LogP contribution in [0.15, 0.2) is 48.5 Å². The smallest absolute Gasteiger partial charge is 0.407 e. The number of benzene rings is 2. The number of rotatable bonds is 9. The number of fused-ring (bicyclic) bond motifs is 3. The minimum absolute atomic E-state index is 0.0126. The molecule has 0 aromatic heterocycles. The maximum atomic E-state index is 12.9. The summed E-state index contributed by atoms with van der Waals surface area (Å²) in [4.78, 5) is 12.9. The minimum atomic E-state index is -1.99. The van der Waals surface area contributed by atoms with Crippen molar-refractivity contribution in [2.75, 3.05) is 19.8 Å². The first kappa shape index (κ1) is 32.9. The lowest BCUT2D eigenvalue weighted by Gasteiger charge is -2.45. The topological polar surface area (TPSA) is 66.0 Å². The Balaban J connectivity index is 1.35. The SMILES string of the molecule is CC(C)(C)[Si](C)(C)OC[C@H]1O[C@@H](CNC(=O)OCC2c3ccccc3-c3ccccc32)CC[C@@H]1O[Si](C)(C)C(C)(C)C. The largest absolute Gasteiger partial charge is 0.449 e. The van der Waals surface area contributed by atoms with Gasteiger partial charge in [0.25, 0.3) is 0 Å². The highest BCUT2D eigenvalue weighted by molar-refractivity contribution is 6.74. The van der Waals surface area contributed by atoms with E-state index in [0.717, 1.165) is 12.8 Å². The molecule has 1 aliphatic carbocycles. The molecule has 1 heterocycles. The van der Waals surface area contributed by atoms with E-state index in [0.29, 0.717) is 19.8 Å². The van der Waals surface area contributed by atoms with Crippen LogP contribution in [0.3, 0.4) is 0 Å². The van der Waals surface area contributed by atoms with Gasteiger partial charge in [-0.3, -0.25) is 0 Å². The molecule has 0 bridgehead atoms. The first-order chi connectivity index (χ1) is 19.5. The molecule has 42 heavy (non-hydrogen) atoms. The average Bonchev–Trinajstić information content (AvgIpc) is 3.22. The fourth-order valence-corrected chi connectivity index (χ4v) is 7.67. The maximum Gasteiger partial charge on any atom is 0.407 e. The number of hydrogen-bond donors (Lipinski definition) is 1. The van der Waals surface area contributed by atoms with E-state index in [1.54, 1.807) is 0 Å². The molecule has 6 nitrogen and oxygen atoms in total. The van der Waals surface area contributed by atoms with Gasteiger partial charge in [-0.2, -0.15) is 0 Å². The summed E-state index contributed by atoms with van der Waals surface area (Å²) in [6.45, 7) is 23.9. The van der Waals surface area contributed by atoms with Gasteiger partial charge in [0.15, 0.2) is 16.6 Å². The van der Waals surface area contributed by atoms with E-state index >= 15 is 0 Å². The molecule has 4 rings (SSSR count). The molecule has 1 saturated heterocycles. The zero-order valence-electron chi connectivity index (χ0n) is 27.5. The van der Waals surface area contributed by atoms with Crippen molar-refractivity contribution in [3.63, 3.8) is 0 Å². The fourth-order valence-electron chi connectivity index (χ4n) is 5.28. The molecule has 0 unspecified atom stereocenters. The zero-order chi connectivity index (χ0) is 30.9. The van der Waals surface area contributed by atoms with E-state index in [-0.39, 0.29) is 34.3 Å². The lowest BCUT2D eigenvalue weighted by Crippen LogP contribution is -2.54. The third-order valence-corrected chi connectivity index (χ3v) is 19.0. The standard InChI is InChI=1S/C34H53NO5Si2/c1-33(2,3)41(7,8)38-23-31-30(40-42(9,10)34(4,5)6)20-19-24(39-31)21-35-32(36)37-22-29-27-17-13-11-15-25(27)26-16-12-14-18-28(26)29/h11-18,24,29-31H,19-23H2,1-10H3,(H,35,36)/t24-,30+,31-/m1/s1. The molecule has 2 aliphatic rings. The quantitative estimate of drug-likeness (QED) is 0.288. The molecule has 1 fully saturated rings. The van der Waals surface area contributed by atoms with Crippen LogP contribution in [0.25, 0.3) is 11.1 Å². The highest BCUT2D eigenvalue weighted by atomic mass is 28.4. The van der Waals surface area contributed by atoms with E-state index in [9.17, 15) is 4.79 Å². The van der Waals surface area contributed by atoms with E-state index in [1.165, 1.54) is 22.3 Å². The Kier molecular flexibility index (Phi) is 9.85. The lowest BCUT2D eigenvalue weighted by atomic mass is 9.98. The summed E-state index contributed by atoms with van der Waals surface area (Å²) in [6, 6.07) is 16.8. The minimum Gasteiger partial charge on any atom is -0.449 e. The van der Waals surface area contributed by atoms with Crippen molar-refractivity contribution in [1.82, 2.24) is 5.32 Å². The van der Waals surface area contributed by atoms with Crippen LogP contribution in [0, 0.1) is 0 Å². The van der Waals surface area contributed by atoms with E-state index in [1.807, 2.05) is 12.1 Å². The molecule has 0 spiro atoms. The zero-order valence-corrected chi connectivity index (χ0v) is 29.5. The van der Waals surface area contributed by atoms with Gasteiger partial charge in [-0.25, -0.2) is 4.79 Å². The second kappa shape index (κ2) is 12.6. The van der Waals surface area contributed by atoms with Crippen molar-refractivity contribution in [2.45, 2.75) is 115 Å². The van der Waals surface area contributed by atoms with Crippen LogP contribution in [0.4, 0.5) is 4.79 Å². The van der Waals surface area contributed by atoms with Crippen molar-refractivity contribution in [1.29, 1.82) is 0 Å². The first-order valence-electron chi connectivity index (χ1n) is 15.6. The third kappa shape index (κ3) is 7.38. The first-order valence-corrected chi connectivity index (χ1v) is 21.4. The van der Waals surface area contributed by atoms with Crippen molar-refractivity contribution >= 4 is 22.7 Å². The van der Waals surface area contributed by atoms with Crippen molar-refractivity contribution in [3.05, 3.63) is 59.7 Å². The molecule has 2 aromatic carbocycles. The van der Waals surface area contributed by atoms with E-state index in [2.05, 4.69) is 109 Å². The molecule has 8 heteroatoms. The molecule has 1 N–H and O–H groups in total. The summed E-state index contributed by atoms with van der Waals surface area (Å²) in [7, 11) is -3.95. The number of alkyl carbamates (subject to hydrolysis) is 1. The van der Waals surface area contributed by atoms with Gasteiger partial charge in [-0.15, -0.1) is 0 Å². The Morgan fingerprint density at radius 3 is 1.93 bits per heavy atom. The van der Waals surface area contributed by atoms with Crippen molar-refractivity contribution < 1.29 is 23.1 Å². The molecule has 3 atom stereocenters. The average molecular weight is 612 g/mol. The summed E-state index contributed by atoms with van der Waals surface area (Å²) >= 11 is 0. The molecule has 1 aliphatic heterocycles. The Morgan fingerprint density at radius 2 is 1.38 bits per heavy atom. The van der Waals surface area contributed by atoms with Crippen LogP contribution in [-0.4, -0.2) is 60.8 Å². The second-order valence-corrected chi connectivity index (χ2v) is 24.6. The molecule has 0 saturated carbocycles. The molecule has 2 aromatic rings. The normalized spacial score (nSPS) is 21.5. The summed E-state index contributed by atoms with van der Waals surface area (Å²) in [5.74, 6) is 0.0409. The highest BCUT2D eigenvalue weighted by Crippen LogP contribution is 2.45. The predicted molar refractivity (Wildman–Crippen MR) is 176 cm³/mol. The van der Waals surface area contributed by atoms with Crippen LogP contribution in [0.1, 0.15) is 71.4 Å². The van der Waals surface area contributed by atoms with Crippen molar-refractivity contribution in [3.8, 4) is 11.1 Å². The maximum absolute atomic E-state index is 12.9. The van der Waals surface area contributed by atoms with Gasteiger partial charge < -0.3 is 23.6 Å². The van der Waals surface area contributed by atoms with Crippen molar-refractivity contribution in [2.24, 2.45) is 0 Å². The lowest BCUT2D eigenvalue weighted by molar-refractivity contribution is -0.125. The molecule has 232 valence electrons. The summed E-state index contributed by atoms with van der Waals surface area (Å²) < 4.78 is 25.9. The Labute approximate surface area is 256 Å².